The van der Waals surface area contributed by atoms with Crippen LogP contribution in [0.5, 0.6) is 0 Å². The third-order valence-electron chi connectivity index (χ3n) is 3.98. The highest BCUT2D eigenvalue weighted by atomic mass is 32.2. The van der Waals surface area contributed by atoms with Gasteiger partial charge in [0.2, 0.25) is 0 Å². The van der Waals surface area contributed by atoms with Crippen LogP contribution in [0.3, 0.4) is 0 Å². The highest BCUT2D eigenvalue weighted by molar-refractivity contribution is 7.95. The van der Waals surface area contributed by atoms with Crippen molar-refractivity contribution < 1.29 is 47.8 Å². The summed E-state index contributed by atoms with van der Waals surface area (Å²) in [7, 11) is 2.58. The molecule has 0 bridgehead atoms. The summed E-state index contributed by atoms with van der Waals surface area (Å²) in [6.07, 6.45) is 3.48. The lowest BCUT2D eigenvalue weighted by Gasteiger charge is -2.35. The number of rotatable bonds is 8. The van der Waals surface area contributed by atoms with Crippen LogP contribution in [0, 0.1) is 0 Å². The van der Waals surface area contributed by atoms with Gasteiger partial charge in [0, 0.05) is 52.6 Å². The van der Waals surface area contributed by atoms with Gasteiger partial charge in [-0.3, -0.25) is 19.2 Å². The van der Waals surface area contributed by atoms with Crippen molar-refractivity contribution >= 4 is 45.2 Å². The lowest BCUT2D eigenvalue weighted by atomic mass is 10.0. The second kappa shape index (κ2) is 22.1. The van der Waals surface area contributed by atoms with Crippen molar-refractivity contribution in [3.05, 3.63) is 0 Å². The molecule has 1 aliphatic rings. The van der Waals surface area contributed by atoms with Gasteiger partial charge in [-0.1, -0.05) is 20.8 Å². The van der Waals surface area contributed by atoms with Gasteiger partial charge >= 0.3 is 11.9 Å². The number of carbonyl (C=O) groups is 4. The largest absolute Gasteiger partial charge is 0.481 e. The zero-order valence-electron chi connectivity index (χ0n) is 21.6. The van der Waals surface area contributed by atoms with Crippen LogP contribution in [-0.2, 0) is 37.6 Å². The predicted molar refractivity (Wildman–Crippen MR) is 135 cm³/mol. The molecule has 0 aromatic carbocycles. The van der Waals surface area contributed by atoms with Crippen LogP contribution in [0.2, 0.25) is 0 Å². The summed E-state index contributed by atoms with van der Waals surface area (Å²) in [6.45, 7) is 13.4. The molecular formula is C22H43O10PS. The smallest absolute Gasteiger partial charge is 0.302 e. The SMILES string of the molecule is CC(=O)O.CC(=O)O.CCC(C)(CC)OSC1CC(OC(C)=O)CC(COC(C)=O)O1.CCP. The van der Waals surface area contributed by atoms with E-state index in [4.69, 9.17) is 38.2 Å². The first-order valence-corrected chi connectivity index (χ1v) is 12.7. The van der Waals surface area contributed by atoms with Crippen molar-refractivity contribution in [2.24, 2.45) is 0 Å². The number of carbonyl (C=O) groups excluding carboxylic acids is 2. The number of hydrogen-bond donors (Lipinski definition) is 2. The summed E-state index contributed by atoms with van der Waals surface area (Å²) >= 11 is 1.27. The molecular weight excluding hydrogens is 487 g/mol. The molecule has 1 rings (SSSR count). The van der Waals surface area contributed by atoms with Gasteiger partial charge in [-0.2, -0.15) is 0 Å². The molecule has 10 nitrogen and oxygen atoms in total. The molecule has 0 saturated carbocycles. The van der Waals surface area contributed by atoms with E-state index in [2.05, 4.69) is 36.9 Å². The minimum absolute atomic E-state index is 0.156. The Kier molecular flexibility index (Phi) is 24.1. The standard InChI is InChI=1S/C16H28O6S.2C2H4O2.C2H7P/c1-6-16(5,7-2)22-23-15-9-13(20-12(4)18)8-14(21-15)10-19-11(3)17;2*1-2(3)4;1-2-3/h13-15H,6-10H2,1-5H3;2*1H3,(H,3,4);2-3H2,1H3. The van der Waals surface area contributed by atoms with E-state index in [1.165, 1.54) is 32.1 Å². The summed E-state index contributed by atoms with van der Waals surface area (Å²) in [6, 6.07) is 0. The molecule has 0 aliphatic carbocycles. The van der Waals surface area contributed by atoms with Crippen LogP contribution in [0.1, 0.15) is 81.1 Å². The summed E-state index contributed by atoms with van der Waals surface area (Å²) in [5, 5.41) is 14.8. The number of ether oxygens (including phenoxy) is 3. The fourth-order valence-corrected chi connectivity index (χ4v) is 3.25. The van der Waals surface area contributed by atoms with E-state index in [0.717, 1.165) is 26.7 Å². The van der Waals surface area contributed by atoms with Crippen molar-refractivity contribution in [1.29, 1.82) is 0 Å². The van der Waals surface area contributed by atoms with Gasteiger partial charge in [0.15, 0.2) is 0 Å². The number of esters is 2. The maximum atomic E-state index is 11.2. The Morgan fingerprint density at radius 3 is 1.76 bits per heavy atom. The first kappa shape index (κ1) is 37.1. The molecule has 0 aromatic rings. The van der Waals surface area contributed by atoms with Gasteiger partial charge in [-0.25, -0.2) is 0 Å². The quantitative estimate of drug-likeness (QED) is 0.263. The fourth-order valence-electron chi connectivity index (χ4n) is 2.18. The van der Waals surface area contributed by atoms with E-state index in [0.29, 0.717) is 12.8 Å². The summed E-state index contributed by atoms with van der Waals surface area (Å²) in [4.78, 5) is 40.2. The van der Waals surface area contributed by atoms with Crippen molar-refractivity contribution in [2.45, 2.75) is 104 Å². The molecule has 2 N–H and O–H groups in total. The van der Waals surface area contributed by atoms with Gasteiger partial charge in [-0.15, -0.1) is 9.24 Å². The lowest BCUT2D eigenvalue weighted by molar-refractivity contribution is -0.162. The summed E-state index contributed by atoms with van der Waals surface area (Å²) in [5.74, 6) is -2.34. The van der Waals surface area contributed by atoms with Crippen molar-refractivity contribution in [2.75, 3.05) is 12.8 Å². The Labute approximate surface area is 210 Å². The average molecular weight is 531 g/mol. The second-order valence-electron chi connectivity index (χ2n) is 7.48. The van der Waals surface area contributed by atoms with E-state index in [-0.39, 0.29) is 41.8 Å². The maximum Gasteiger partial charge on any atom is 0.302 e. The molecule has 1 aliphatic heterocycles. The van der Waals surface area contributed by atoms with Gasteiger partial charge in [0.25, 0.3) is 11.9 Å². The number of aliphatic carboxylic acids is 2. The van der Waals surface area contributed by atoms with Crippen molar-refractivity contribution in [3.8, 4) is 0 Å². The molecule has 4 atom stereocenters. The van der Waals surface area contributed by atoms with Crippen molar-refractivity contribution in [1.82, 2.24) is 0 Å². The molecule has 0 aromatic heterocycles. The van der Waals surface area contributed by atoms with E-state index < -0.39 is 11.9 Å². The van der Waals surface area contributed by atoms with Gasteiger partial charge in [-0.05, 0) is 25.9 Å². The van der Waals surface area contributed by atoms with E-state index in [1.54, 1.807) is 0 Å². The molecule has 12 heteroatoms. The van der Waals surface area contributed by atoms with E-state index in [1.807, 2.05) is 0 Å². The van der Waals surface area contributed by atoms with Crippen LogP contribution < -0.4 is 0 Å². The Bertz CT molecular complexity index is 564. The highest BCUT2D eigenvalue weighted by Gasteiger charge is 2.34. The van der Waals surface area contributed by atoms with Crippen LogP contribution in [-0.4, -0.2) is 70.1 Å². The van der Waals surface area contributed by atoms with Gasteiger partial charge in [0.1, 0.15) is 18.1 Å². The monoisotopic (exact) mass is 530 g/mol. The Morgan fingerprint density at radius 1 is 0.971 bits per heavy atom. The molecule has 0 radical (unpaired) electrons. The first-order valence-electron chi connectivity index (χ1n) is 11.1. The molecule has 1 heterocycles. The van der Waals surface area contributed by atoms with Gasteiger partial charge in [0.05, 0.1) is 11.7 Å². The van der Waals surface area contributed by atoms with Gasteiger partial charge < -0.3 is 28.6 Å². The minimum atomic E-state index is -0.833. The molecule has 202 valence electrons. The number of carboxylic acid groups (broad SMARTS) is 2. The third-order valence-corrected chi connectivity index (χ3v) is 5.00. The zero-order valence-corrected chi connectivity index (χ0v) is 23.6. The van der Waals surface area contributed by atoms with E-state index in [9.17, 15) is 9.59 Å². The summed E-state index contributed by atoms with van der Waals surface area (Å²) < 4.78 is 22.2. The Hall–Kier alpha value is -1.42. The predicted octanol–water partition coefficient (Wildman–Crippen LogP) is 4.29. The summed E-state index contributed by atoms with van der Waals surface area (Å²) in [5.41, 5.74) is -0.473. The second-order valence-corrected chi connectivity index (χ2v) is 9.18. The zero-order chi connectivity index (χ0) is 27.3. The first-order chi connectivity index (χ1) is 15.7. The lowest BCUT2D eigenvalue weighted by Crippen LogP contribution is -2.39. The third kappa shape index (κ3) is 26.8. The molecule has 34 heavy (non-hydrogen) atoms. The normalized spacial score (nSPS) is 18.9. The number of hydrogen-bond acceptors (Lipinski definition) is 9. The van der Waals surface area contributed by atoms with Crippen molar-refractivity contribution in [3.63, 3.8) is 0 Å². The minimum Gasteiger partial charge on any atom is -0.481 e. The highest BCUT2D eigenvalue weighted by Crippen LogP contribution is 2.34. The molecule has 0 spiro atoms. The topological polar surface area (TPSA) is 146 Å². The Morgan fingerprint density at radius 2 is 1.41 bits per heavy atom. The average Bonchev–Trinajstić information content (AvgIpc) is 2.70. The fraction of sp³-hybridized carbons (Fsp3) is 0.818. The Balaban J connectivity index is -0.000000730. The molecule has 1 saturated heterocycles. The molecule has 0 amide bonds. The maximum absolute atomic E-state index is 11.2. The number of carboxylic acids is 2. The van der Waals surface area contributed by atoms with E-state index >= 15 is 0 Å². The molecule has 4 unspecified atom stereocenters. The van der Waals surface area contributed by atoms with Crippen LogP contribution in [0.4, 0.5) is 0 Å². The molecule has 1 fully saturated rings. The van der Waals surface area contributed by atoms with Crippen LogP contribution >= 0.6 is 21.3 Å². The van der Waals surface area contributed by atoms with Crippen LogP contribution in [0.25, 0.3) is 0 Å². The van der Waals surface area contributed by atoms with Crippen LogP contribution in [0.15, 0.2) is 0 Å².